The molecule has 0 saturated heterocycles. The van der Waals surface area contributed by atoms with Crippen LogP contribution in [0, 0.1) is 5.82 Å². The number of anilines is 1. The average Bonchev–Trinajstić information content (AvgIpc) is 2.54. The van der Waals surface area contributed by atoms with Gasteiger partial charge in [0.1, 0.15) is 11.1 Å². The van der Waals surface area contributed by atoms with E-state index in [1.54, 1.807) is 11.8 Å². The molecule has 2 amide bonds. The fraction of sp³-hybridized carbons (Fsp3) is 0.176. The van der Waals surface area contributed by atoms with E-state index in [9.17, 15) is 14.0 Å². The maximum Gasteiger partial charge on any atom is 0.251 e. The average molecular weight is 330 g/mol. The Morgan fingerprint density at radius 1 is 1.22 bits per heavy atom. The standard InChI is InChI=1S/C17H15FN2O2S/c18-14-9-11(5-6-13(14)16(19)21)20-17(22)15-12-4-2-1-3-10(12)7-8-23-15/h1-6,9,15H,7-8H2,(H2,19,21)(H,20,22)/t15-/m1/s1. The normalized spacial score (nSPS) is 16.5. The minimum absolute atomic E-state index is 0.194. The Labute approximate surface area is 137 Å². The van der Waals surface area contributed by atoms with Gasteiger partial charge in [0.15, 0.2) is 0 Å². The van der Waals surface area contributed by atoms with Gasteiger partial charge >= 0.3 is 0 Å². The predicted molar refractivity (Wildman–Crippen MR) is 88.9 cm³/mol. The van der Waals surface area contributed by atoms with Gasteiger partial charge in [-0.15, -0.1) is 11.8 Å². The summed E-state index contributed by atoms with van der Waals surface area (Å²) in [5.41, 5.74) is 7.34. The summed E-state index contributed by atoms with van der Waals surface area (Å²) in [4.78, 5) is 23.5. The van der Waals surface area contributed by atoms with Crippen LogP contribution in [0.2, 0.25) is 0 Å². The maximum absolute atomic E-state index is 13.8. The van der Waals surface area contributed by atoms with Crippen molar-refractivity contribution in [3.8, 4) is 0 Å². The van der Waals surface area contributed by atoms with E-state index < -0.39 is 11.7 Å². The Hall–Kier alpha value is -2.34. The van der Waals surface area contributed by atoms with Gasteiger partial charge in [-0.1, -0.05) is 24.3 Å². The molecule has 2 aromatic rings. The SMILES string of the molecule is NC(=O)c1ccc(NC(=O)[C@@H]2SCCc3ccccc32)cc1F. The van der Waals surface area contributed by atoms with E-state index in [4.69, 9.17) is 5.73 Å². The number of benzene rings is 2. The van der Waals surface area contributed by atoms with Crippen LogP contribution in [0.25, 0.3) is 0 Å². The summed E-state index contributed by atoms with van der Waals surface area (Å²) in [6.45, 7) is 0. The number of thioether (sulfide) groups is 1. The molecule has 0 fully saturated rings. The van der Waals surface area contributed by atoms with E-state index in [-0.39, 0.29) is 16.7 Å². The van der Waals surface area contributed by atoms with Crippen LogP contribution in [0.4, 0.5) is 10.1 Å². The highest BCUT2D eigenvalue weighted by Gasteiger charge is 2.27. The molecule has 0 bridgehead atoms. The molecule has 4 nitrogen and oxygen atoms in total. The molecule has 3 rings (SSSR count). The molecule has 3 N–H and O–H groups in total. The second kappa shape index (κ2) is 6.42. The van der Waals surface area contributed by atoms with Gasteiger partial charge < -0.3 is 11.1 Å². The second-order valence-corrected chi connectivity index (χ2v) is 6.46. The number of hydrogen-bond acceptors (Lipinski definition) is 3. The van der Waals surface area contributed by atoms with Gasteiger partial charge in [0.05, 0.1) is 5.56 Å². The zero-order valence-electron chi connectivity index (χ0n) is 12.2. The van der Waals surface area contributed by atoms with Gasteiger partial charge in [-0.2, -0.15) is 0 Å². The number of aryl methyl sites for hydroxylation is 1. The largest absolute Gasteiger partial charge is 0.366 e. The third kappa shape index (κ3) is 3.22. The molecule has 0 aromatic heterocycles. The van der Waals surface area contributed by atoms with Crippen LogP contribution in [0.15, 0.2) is 42.5 Å². The summed E-state index contributed by atoms with van der Waals surface area (Å²) < 4.78 is 13.8. The van der Waals surface area contributed by atoms with Gasteiger partial charge in [0, 0.05) is 5.69 Å². The summed E-state index contributed by atoms with van der Waals surface area (Å²) in [6, 6.07) is 11.7. The lowest BCUT2D eigenvalue weighted by Gasteiger charge is -2.24. The number of nitrogens with two attached hydrogens (primary N) is 1. The van der Waals surface area contributed by atoms with Crippen LogP contribution in [0.5, 0.6) is 0 Å². The highest BCUT2D eigenvalue weighted by molar-refractivity contribution is 8.00. The molecule has 1 atom stereocenters. The molecule has 23 heavy (non-hydrogen) atoms. The van der Waals surface area contributed by atoms with Crippen LogP contribution in [-0.4, -0.2) is 17.6 Å². The van der Waals surface area contributed by atoms with E-state index >= 15 is 0 Å². The van der Waals surface area contributed by atoms with Crippen LogP contribution >= 0.6 is 11.8 Å². The van der Waals surface area contributed by atoms with Crippen molar-refractivity contribution < 1.29 is 14.0 Å². The number of hydrogen-bond donors (Lipinski definition) is 2. The third-order valence-electron chi connectivity index (χ3n) is 3.73. The first-order chi connectivity index (χ1) is 11.1. The van der Waals surface area contributed by atoms with Crippen molar-refractivity contribution in [2.75, 3.05) is 11.1 Å². The van der Waals surface area contributed by atoms with Crippen LogP contribution in [0.3, 0.4) is 0 Å². The molecule has 0 spiro atoms. The van der Waals surface area contributed by atoms with Crippen LogP contribution < -0.4 is 11.1 Å². The van der Waals surface area contributed by atoms with Gasteiger partial charge in [0.2, 0.25) is 5.91 Å². The van der Waals surface area contributed by atoms with Crippen molar-refractivity contribution in [3.05, 3.63) is 65.0 Å². The fourth-order valence-corrected chi connectivity index (χ4v) is 3.80. The molecule has 1 aliphatic rings. The molecule has 1 aliphatic heterocycles. The summed E-state index contributed by atoms with van der Waals surface area (Å²) >= 11 is 1.57. The van der Waals surface area contributed by atoms with E-state index in [2.05, 4.69) is 5.32 Å². The first-order valence-corrected chi connectivity index (χ1v) is 8.21. The fourth-order valence-electron chi connectivity index (χ4n) is 2.61. The summed E-state index contributed by atoms with van der Waals surface area (Å²) in [5, 5.41) is 2.39. The molecule has 0 radical (unpaired) electrons. The first-order valence-electron chi connectivity index (χ1n) is 7.16. The van der Waals surface area contributed by atoms with E-state index in [0.717, 1.165) is 23.8 Å². The molecule has 1 heterocycles. The third-order valence-corrected chi connectivity index (χ3v) is 4.97. The lowest BCUT2D eigenvalue weighted by molar-refractivity contribution is -0.115. The van der Waals surface area contributed by atoms with Gasteiger partial charge in [-0.05, 0) is 41.5 Å². The quantitative estimate of drug-likeness (QED) is 0.909. The zero-order chi connectivity index (χ0) is 16.4. The topological polar surface area (TPSA) is 72.2 Å². The molecule has 118 valence electrons. The van der Waals surface area contributed by atoms with E-state index in [1.807, 2.05) is 24.3 Å². The lowest BCUT2D eigenvalue weighted by atomic mass is 10.0. The number of rotatable bonds is 3. The number of halogens is 1. The minimum atomic E-state index is -0.836. The number of carbonyl (C=O) groups excluding carboxylic acids is 2. The van der Waals surface area contributed by atoms with Crippen LogP contribution in [-0.2, 0) is 11.2 Å². The smallest absolute Gasteiger partial charge is 0.251 e. The van der Waals surface area contributed by atoms with Crippen molar-refractivity contribution in [1.29, 1.82) is 0 Å². The maximum atomic E-state index is 13.8. The van der Waals surface area contributed by atoms with Gasteiger partial charge in [0.25, 0.3) is 5.91 Å². The van der Waals surface area contributed by atoms with Crippen molar-refractivity contribution >= 4 is 29.3 Å². The Morgan fingerprint density at radius 3 is 2.74 bits per heavy atom. The molecule has 6 heteroatoms. The molecular formula is C17H15FN2O2S. The minimum Gasteiger partial charge on any atom is -0.366 e. The number of carbonyl (C=O) groups is 2. The molecule has 0 unspecified atom stereocenters. The highest BCUT2D eigenvalue weighted by atomic mass is 32.2. The van der Waals surface area contributed by atoms with Crippen LogP contribution in [0.1, 0.15) is 26.7 Å². The molecule has 0 aliphatic carbocycles. The lowest BCUT2D eigenvalue weighted by Crippen LogP contribution is -2.23. The summed E-state index contributed by atoms with van der Waals surface area (Å²) in [6.07, 6.45) is 0.937. The van der Waals surface area contributed by atoms with E-state index in [0.29, 0.717) is 5.69 Å². The predicted octanol–water partition coefficient (Wildman–Crippen LogP) is 2.89. The van der Waals surface area contributed by atoms with Crippen molar-refractivity contribution in [2.45, 2.75) is 11.7 Å². The first kappa shape index (κ1) is 15.6. The monoisotopic (exact) mass is 330 g/mol. The number of fused-ring (bicyclic) bond motifs is 1. The molecular weight excluding hydrogens is 315 g/mol. The number of primary amides is 1. The Kier molecular flexibility index (Phi) is 4.34. The number of amides is 2. The Bertz CT molecular complexity index is 779. The summed E-state index contributed by atoms with van der Waals surface area (Å²) in [7, 11) is 0. The van der Waals surface area contributed by atoms with Crippen molar-refractivity contribution in [3.63, 3.8) is 0 Å². The molecule has 2 aromatic carbocycles. The summed E-state index contributed by atoms with van der Waals surface area (Å²) in [5.74, 6) is -0.915. The Morgan fingerprint density at radius 2 is 2.00 bits per heavy atom. The zero-order valence-corrected chi connectivity index (χ0v) is 13.0. The van der Waals surface area contributed by atoms with Gasteiger partial charge in [-0.25, -0.2) is 4.39 Å². The van der Waals surface area contributed by atoms with E-state index in [1.165, 1.54) is 17.7 Å². The van der Waals surface area contributed by atoms with Crippen molar-refractivity contribution in [2.24, 2.45) is 5.73 Å². The Balaban J connectivity index is 1.80. The second-order valence-electron chi connectivity index (χ2n) is 5.25. The molecule has 0 saturated carbocycles. The van der Waals surface area contributed by atoms with Crippen molar-refractivity contribution in [1.82, 2.24) is 0 Å². The van der Waals surface area contributed by atoms with Gasteiger partial charge in [-0.3, -0.25) is 9.59 Å². The number of nitrogens with one attached hydrogen (secondary N) is 1. The highest BCUT2D eigenvalue weighted by Crippen LogP contribution is 2.37.